The van der Waals surface area contributed by atoms with Gasteiger partial charge in [0.1, 0.15) is 9.84 Å². The minimum Gasteiger partial charge on any atom is -0.355 e. The molecule has 1 aliphatic rings. The lowest BCUT2D eigenvalue weighted by Gasteiger charge is -2.21. The Morgan fingerprint density at radius 1 is 1.29 bits per heavy atom. The molecule has 0 aliphatic heterocycles. The first kappa shape index (κ1) is 20.7. The number of carbonyl (C=O) groups excluding carboxylic acids is 1. The molecule has 0 aromatic rings. The van der Waals surface area contributed by atoms with Crippen LogP contribution in [-0.2, 0) is 14.6 Å². The molecule has 0 aromatic carbocycles. The summed E-state index contributed by atoms with van der Waals surface area (Å²) in [6.45, 7) is 0.641. The molecule has 3 N–H and O–H groups in total. The standard InChI is InChI=1S/C14H28N2O3S.ClH/c1-20(18,19)11-9-13(15)14(17)16-10-5-8-12-6-3-2-4-7-12;/h12-13H,2-11,15H2,1H3,(H,16,17);1H. The monoisotopic (exact) mass is 340 g/mol. The Bertz CT molecular complexity index is 395. The fourth-order valence-corrected chi connectivity index (χ4v) is 3.36. The number of hydrogen-bond acceptors (Lipinski definition) is 4. The lowest BCUT2D eigenvalue weighted by atomic mass is 9.86. The molecule has 21 heavy (non-hydrogen) atoms. The highest BCUT2D eigenvalue weighted by molar-refractivity contribution is 7.90. The first-order valence-corrected chi connectivity index (χ1v) is 9.65. The van der Waals surface area contributed by atoms with Crippen LogP contribution >= 0.6 is 12.4 Å². The second kappa shape index (κ2) is 10.4. The van der Waals surface area contributed by atoms with Crippen LogP contribution in [0.4, 0.5) is 0 Å². The van der Waals surface area contributed by atoms with Gasteiger partial charge in [0.2, 0.25) is 5.91 Å². The Kier molecular flexibility index (Phi) is 10.2. The molecular formula is C14H29ClN2O3S. The van der Waals surface area contributed by atoms with Gasteiger partial charge >= 0.3 is 0 Å². The molecular weight excluding hydrogens is 312 g/mol. The van der Waals surface area contributed by atoms with Gasteiger partial charge < -0.3 is 11.1 Å². The van der Waals surface area contributed by atoms with E-state index in [1.807, 2.05) is 0 Å². The molecule has 0 saturated heterocycles. The molecule has 0 radical (unpaired) electrons. The maximum Gasteiger partial charge on any atom is 0.236 e. The van der Waals surface area contributed by atoms with Crippen molar-refractivity contribution in [3.8, 4) is 0 Å². The minimum atomic E-state index is -3.05. The molecule has 1 atom stereocenters. The van der Waals surface area contributed by atoms with Gasteiger partial charge in [-0.3, -0.25) is 4.79 Å². The molecule has 7 heteroatoms. The van der Waals surface area contributed by atoms with E-state index in [4.69, 9.17) is 5.73 Å². The average molecular weight is 341 g/mol. The highest BCUT2D eigenvalue weighted by Crippen LogP contribution is 2.26. The third-order valence-corrected chi connectivity index (χ3v) is 4.93. The van der Waals surface area contributed by atoms with Crippen molar-refractivity contribution in [3.63, 3.8) is 0 Å². The lowest BCUT2D eigenvalue weighted by molar-refractivity contribution is -0.122. The van der Waals surface area contributed by atoms with Crippen LogP contribution in [0.2, 0.25) is 0 Å². The van der Waals surface area contributed by atoms with Crippen molar-refractivity contribution < 1.29 is 13.2 Å². The van der Waals surface area contributed by atoms with E-state index in [-0.39, 0.29) is 30.5 Å². The molecule has 1 saturated carbocycles. The highest BCUT2D eigenvalue weighted by atomic mass is 35.5. The minimum absolute atomic E-state index is 0. The highest BCUT2D eigenvalue weighted by Gasteiger charge is 2.16. The summed E-state index contributed by atoms with van der Waals surface area (Å²) in [6, 6.07) is -0.723. The van der Waals surface area contributed by atoms with Crippen LogP contribution < -0.4 is 11.1 Å². The molecule has 0 heterocycles. The van der Waals surface area contributed by atoms with E-state index in [0.717, 1.165) is 18.6 Å². The van der Waals surface area contributed by atoms with Gasteiger partial charge in [-0.05, 0) is 25.2 Å². The van der Waals surface area contributed by atoms with Crippen molar-refractivity contribution in [2.75, 3.05) is 18.6 Å². The van der Waals surface area contributed by atoms with E-state index in [9.17, 15) is 13.2 Å². The van der Waals surface area contributed by atoms with E-state index in [2.05, 4.69) is 5.32 Å². The first-order chi connectivity index (χ1) is 9.38. The van der Waals surface area contributed by atoms with Gasteiger partial charge in [0.05, 0.1) is 11.8 Å². The summed E-state index contributed by atoms with van der Waals surface area (Å²) < 4.78 is 22.0. The number of rotatable bonds is 8. The van der Waals surface area contributed by atoms with Crippen molar-refractivity contribution >= 4 is 28.2 Å². The van der Waals surface area contributed by atoms with Crippen LogP contribution in [0.15, 0.2) is 0 Å². The van der Waals surface area contributed by atoms with E-state index in [1.54, 1.807) is 0 Å². The summed E-state index contributed by atoms with van der Waals surface area (Å²) in [6.07, 6.45) is 10.2. The van der Waals surface area contributed by atoms with E-state index < -0.39 is 15.9 Å². The Hall–Kier alpha value is -0.330. The number of nitrogens with two attached hydrogens (primary N) is 1. The smallest absolute Gasteiger partial charge is 0.236 e. The predicted molar refractivity (Wildman–Crippen MR) is 88.4 cm³/mol. The molecule has 1 rings (SSSR count). The van der Waals surface area contributed by atoms with Crippen LogP contribution in [0.25, 0.3) is 0 Å². The van der Waals surface area contributed by atoms with Gasteiger partial charge in [0.25, 0.3) is 0 Å². The Morgan fingerprint density at radius 3 is 2.48 bits per heavy atom. The van der Waals surface area contributed by atoms with Crippen LogP contribution in [-0.4, -0.2) is 38.9 Å². The Balaban J connectivity index is 0.00000400. The number of carbonyl (C=O) groups is 1. The van der Waals surface area contributed by atoms with E-state index in [1.165, 1.54) is 38.5 Å². The number of hydrogen-bond donors (Lipinski definition) is 2. The van der Waals surface area contributed by atoms with Crippen LogP contribution in [0.5, 0.6) is 0 Å². The number of amides is 1. The molecule has 0 spiro atoms. The van der Waals surface area contributed by atoms with E-state index in [0.29, 0.717) is 6.54 Å². The molecule has 1 fully saturated rings. The molecule has 5 nitrogen and oxygen atoms in total. The fraction of sp³-hybridized carbons (Fsp3) is 0.929. The summed E-state index contributed by atoms with van der Waals surface area (Å²) in [5.74, 6) is 0.542. The lowest BCUT2D eigenvalue weighted by Crippen LogP contribution is -2.42. The quantitative estimate of drug-likeness (QED) is 0.657. The topological polar surface area (TPSA) is 89.3 Å². The molecule has 126 valence electrons. The molecule has 1 unspecified atom stereocenters. The molecule has 0 bridgehead atoms. The normalized spacial score (nSPS) is 17.8. The second-order valence-electron chi connectivity index (χ2n) is 5.96. The second-order valence-corrected chi connectivity index (χ2v) is 8.22. The largest absolute Gasteiger partial charge is 0.355 e. The predicted octanol–water partition coefficient (Wildman–Crippen LogP) is 1.65. The third-order valence-electron chi connectivity index (χ3n) is 3.95. The van der Waals surface area contributed by atoms with Crippen molar-refractivity contribution in [2.24, 2.45) is 11.7 Å². The Morgan fingerprint density at radius 2 is 1.90 bits per heavy atom. The van der Waals surface area contributed by atoms with Gasteiger partial charge in [-0.15, -0.1) is 12.4 Å². The summed E-state index contributed by atoms with van der Waals surface area (Å²) in [4.78, 5) is 11.7. The number of nitrogens with one attached hydrogen (secondary N) is 1. The zero-order chi connectivity index (χ0) is 15.0. The summed E-state index contributed by atoms with van der Waals surface area (Å²) in [5, 5.41) is 2.80. The Labute approximate surface area is 134 Å². The summed E-state index contributed by atoms with van der Waals surface area (Å²) in [5.41, 5.74) is 5.67. The van der Waals surface area contributed by atoms with Crippen molar-refractivity contribution in [3.05, 3.63) is 0 Å². The maximum atomic E-state index is 11.7. The van der Waals surface area contributed by atoms with Crippen molar-refractivity contribution in [1.82, 2.24) is 5.32 Å². The van der Waals surface area contributed by atoms with Crippen molar-refractivity contribution in [2.45, 2.75) is 57.4 Å². The van der Waals surface area contributed by atoms with Gasteiger partial charge in [-0.2, -0.15) is 0 Å². The van der Waals surface area contributed by atoms with Crippen LogP contribution in [0.3, 0.4) is 0 Å². The van der Waals surface area contributed by atoms with Gasteiger partial charge in [0, 0.05) is 12.8 Å². The maximum absolute atomic E-state index is 11.7. The van der Waals surface area contributed by atoms with Crippen LogP contribution in [0.1, 0.15) is 51.4 Å². The fourth-order valence-electron chi connectivity index (χ4n) is 2.68. The van der Waals surface area contributed by atoms with Crippen LogP contribution in [0, 0.1) is 5.92 Å². The number of halogens is 1. The summed E-state index contributed by atoms with van der Waals surface area (Å²) in [7, 11) is -3.05. The molecule has 1 aliphatic carbocycles. The van der Waals surface area contributed by atoms with Crippen molar-refractivity contribution in [1.29, 1.82) is 0 Å². The molecule has 0 aromatic heterocycles. The summed E-state index contributed by atoms with van der Waals surface area (Å²) >= 11 is 0. The average Bonchev–Trinajstić information content (AvgIpc) is 2.41. The number of sulfone groups is 1. The van der Waals surface area contributed by atoms with Gasteiger partial charge in [0.15, 0.2) is 0 Å². The first-order valence-electron chi connectivity index (χ1n) is 7.59. The zero-order valence-corrected chi connectivity index (χ0v) is 14.5. The van der Waals surface area contributed by atoms with Gasteiger partial charge in [-0.25, -0.2) is 8.42 Å². The van der Waals surface area contributed by atoms with Gasteiger partial charge in [-0.1, -0.05) is 32.1 Å². The zero-order valence-electron chi connectivity index (χ0n) is 12.8. The third kappa shape index (κ3) is 10.1. The van der Waals surface area contributed by atoms with E-state index >= 15 is 0 Å². The SMILES string of the molecule is CS(=O)(=O)CCC(N)C(=O)NCCCC1CCCCC1.Cl. The molecule has 1 amide bonds.